The molecule has 0 radical (unpaired) electrons. The highest BCUT2D eigenvalue weighted by Crippen LogP contribution is 2.48. The molecule has 0 N–H and O–H groups in total. The summed E-state index contributed by atoms with van der Waals surface area (Å²) < 4.78 is 14.7. The van der Waals surface area contributed by atoms with E-state index in [1.165, 1.54) is 0 Å². The van der Waals surface area contributed by atoms with Crippen LogP contribution < -0.4 is 0 Å². The molecule has 0 saturated heterocycles. The molecule has 4 rings (SSSR count). The first-order valence-corrected chi connectivity index (χ1v) is 22.0. The fourth-order valence-corrected chi connectivity index (χ4v) is 16.4. The average Bonchev–Trinajstić information content (AvgIpc) is 2.98. The summed E-state index contributed by atoms with van der Waals surface area (Å²) in [5, 5.41) is 0. The van der Waals surface area contributed by atoms with Crippen LogP contribution >= 0.6 is 0 Å². The van der Waals surface area contributed by atoms with Gasteiger partial charge in [-0.1, -0.05) is 122 Å². The lowest BCUT2D eigenvalue weighted by Crippen LogP contribution is -2.41. The summed E-state index contributed by atoms with van der Waals surface area (Å²) in [7, 11) is -4.53. The monoisotopic (exact) mass is 616 g/mol. The molecule has 2 aromatic rings. The standard InChI is InChI=1S/C37H52O4Si2/c1-8-20-42(21-9-2,22-10-3)40-36-29-17-15-14-16-28(29)34(38)32-33(36)35(39)31-26-27(7)18-19-30(31)37(32)41-43(23-11-4,24-12-5)25-13-6/h14-19,26H,8-13,20-25H2,1-7H3. The van der Waals surface area contributed by atoms with Crippen molar-refractivity contribution in [2.75, 3.05) is 0 Å². The van der Waals surface area contributed by atoms with Crippen LogP contribution in [0.25, 0.3) is 11.5 Å². The van der Waals surface area contributed by atoms with Gasteiger partial charge in [-0.25, -0.2) is 0 Å². The van der Waals surface area contributed by atoms with Crippen molar-refractivity contribution < 1.29 is 18.4 Å². The molecule has 232 valence electrons. The largest absolute Gasteiger partial charge is 0.543 e. The lowest BCUT2D eigenvalue weighted by molar-refractivity contribution is 0.0988. The van der Waals surface area contributed by atoms with Crippen molar-refractivity contribution in [2.45, 2.75) is 123 Å². The second-order valence-electron chi connectivity index (χ2n) is 12.7. The smallest absolute Gasteiger partial charge is 0.251 e. The minimum absolute atomic E-state index is 0.111. The van der Waals surface area contributed by atoms with Crippen molar-refractivity contribution in [3.63, 3.8) is 0 Å². The van der Waals surface area contributed by atoms with Crippen molar-refractivity contribution in [3.8, 4) is 0 Å². The van der Waals surface area contributed by atoms with E-state index < -0.39 is 16.6 Å². The van der Waals surface area contributed by atoms with Gasteiger partial charge in [0.25, 0.3) is 16.6 Å². The predicted octanol–water partition coefficient (Wildman–Crippen LogP) is 10.9. The molecule has 4 nitrogen and oxygen atoms in total. The fraction of sp³-hybridized carbons (Fsp3) is 0.514. The Kier molecular flexibility index (Phi) is 11.1. The zero-order valence-electron chi connectivity index (χ0n) is 27.7. The number of aryl methyl sites for hydroxylation is 1. The van der Waals surface area contributed by atoms with E-state index in [2.05, 4.69) is 41.5 Å². The molecule has 2 aliphatic carbocycles. The topological polar surface area (TPSA) is 52.6 Å². The summed E-state index contributed by atoms with van der Waals surface area (Å²) in [6.45, 7) is 15.4. The molecule has 0 heterocycles. The van der Waals surface area contributed by atoms with Crippen molar-refractivity contribution >= 4 is 39.7 Å². The summed E-state index contributed by atoms with van der Waals surface area (Å²) in [6, 6.07) is 20.0. The van der Waals surface area contributed by atoms with Crippen molar-refractivity contribution in [1.29, 1.82) is 0 Å². The van der Waals surface area contributed by atoms with Gasteiger partial charge in [0, 0.05) is 22.3 Å². The molecule has 0 spiro atoms. The Labute approximate surface area is 262 Å². The van der Waals surface area contributed by atoms with E-state index in [4.69, 9.17) is 8.85 Å². The van der Waals surface area contributed by atoms with Crippen LogP contribution in [0, 0.1) is 6.92 Å². The Hall–Kier alpha value is -2.71. The van der Waals surface area contributed by atoms with Crippen molar-refractivity contribution in [1.82, 2.24) is 0 Å². The van der Waals surface area contributed by atoms with Gasteiger partial charge in [0.2, 0.25) is 0 Å². The third-order valence-electron chi connectivity index (χ3n) is 9.11. The van der Waals surface area contributed by atoms with Crippen LogP contribution in [-0.4, -0.2) is 28.2 Å². The van der Waals surface area contributed by atoms with E-state index in [-0.39, 0.29) is 11.6 Å². The van der Waals surface area contributed by atoms with Gasteiger partial charge in [-0.15, -0.1) is 0 Å². The van der Waals surface area contributed by atoms with E-state index in [0.29, 0.717) is 33.8 Å². The van der Waals surface area contributed by atoms with Crippen LogP contribution in [0.4, 0.5) is 0 Å². The highest BCUT2D eigenvalue weighted by molar-refractivity contribution is 6.75. The highest BCUT2D eigenvalue weighted by atomic mass is 28.4. The number of rotatable bonds is 16. The fourth-order valence-electron chi connectivity index (χ4n) is 7.56. The minimum atomic E-state index is -2.27. The molecule has 0 aliphatic heterocycles. The molecular formula is C37H52O4Si2. The molecule has 0 bridgehead atoms. The Morgan fingerprint density at radius 2 is 0.884 bits per heavy atom. The van der Waals surface area contributed by atoms with Gasteiger partial charge in [-0.2, -0.15) is 0 Å². The number of hydrogen-bond acceptors (Lipinski definition) is 4. The average molecular weight is 617 g/mol. The molecule has 2 aromatic carbocycles. The number of ketones is 2. The first-order chi connectivity index (χ1) is 20.7. The zero-order valence-corrected chi connectivity index (χ0v) is 29.7. The van der Waals surface area contributed by atoms with Gasteiger partial charge in [-0.3, -0.25) is 9.59 Å². The number of carbonyl (C=O) groups excluding carboxylic acids is 2. The minimum Gasteiger partial charge on any atom is -0.543 e. The normalized spacial score (nSPS) is 15.0. The first kappa shape index (κ1) is 33.2. The number of Topliss-reactive ketones (excluding diaryl/α,β-unsaturated/α-hetero) is 2. The van der Waals surface area contributed by atoms with Gasteiger partial charge in [-0.05, 0) is 49.3 Å². The zero-order chi connectivity index (χ0) is 31.2. The maximum absolute atomic E-state index is 14.7. The van der Waals surface area contributed by atoms with Gasteiger partial charge in [0.1, 0.15) is 11.5 Å². The first-order valence-electron chi connectivity index (χ1n) is 16.9. The summed E-state index contributed by atoms with van der Waals surface area (Å²) in [4.78, 5) is 29.2. The van der Waals surface area contributed by atoms with Crippen LogP contribution in [0.3, 0.4) is 0 Å². The van der Waals surface area contributed by atoms with Gasteiger partial charge in [0.05, 0.1) is 11.1 Å². The van der Waals surface area contributed by atoms with Crippen molar-refractivity contribution in [3.05, 3.63) is 81.4 Å². The molecule has 0 saturated carbocycles. The molecular weight excluding hydrogens is 565 g/mol. The number of fused-ring (bicyclic) bond motifs is 3. The molecule has 0 amide bonds. The molecule has 0 aromatic heterocycles. The third kappa shape index (κ3) is 6.56. The summed E-state index contributed by atoms with van der Waals surface area (Å²) >= 11 is 0. The Morgan fingerprint density at radius 3 is 1.30 bits per heavy atom. The lowest BCUT2D eigenvalue weighted by Gasteiger charge is -2.39. The maximum Gasteiger partial charge on any atom is 0.251 e. The van der Waals surface area contributed by atoms with Crippen molar-refractivity contribution in [2.24, 2.45) is 0 Å². The Bertz CT molecular complexity index is 1370. The van der Waals surface area contributed by atoms with Crippen LogP contribution in [0.5, 0.6) is 0 Å². The second kappa shape index (κ2) is 14.4. The summed E-state index contributed by atoms with van der Waals surface area (Å²) in [5.41, 5.74) is 4.65. The Morgan fingerprint density at radius 1 is 0.512 bits per heavy atom. The third-order valence-corrected chi connectivity index (χ3v) is 18.9. The van der Waals surface area contributed by atoms with E-state index in [1.54, 1.807) is 0 Å². The summed E-state index contributed by atoms with van der Waals surface area (Å²) in [6.07, 6.45) is 6.26. The van der Waals surface area contributed by atoms with Crippen LogP contribution in [-0.2, 0) is 8.85 Å². The number of benzene rings is 2. The van der Waals surface area contributed by atoms with Gasteiger partial charge >= 0.3 is 0 Å². The number of carbonyl (C=O) groups is 2. The summed E-state index contributed by atoms with van der Waals surface area (Å²) in [5.74, 6) is 1.02. The quantitative estimate of drug-likeness (QED) is 0.176. The Balaban J connectivity index is 2.10. The number of allylic oxidation sites excluding steroid dienone is 2. The number of hydrogen-bond donors (Lipinski definition) is 0. The van der Waals surface area contributed by atoms with Gasteiger partial charge in [0.15, 0.2) is 11.6 Å². The predicted molar refractivity (Wildman–Crippen MR) is 184 cm³/mol. The lowest BCUT2D eigenvalue weighted by atomic mass is 9.76. The highest BCUT2D eigenvalue weighted by Gasteiger charge is 2.47. The molecule has 0 atom stereocenters. The SMILES string of the molecule is CCC[Si](CCC)(CCC)OC1=C2C(=O)c3cc(C)ccc3C(O[Si](CCC)(CCC)CCC)=C2C(=O)c2ccccc21. The van der Waals surface area contributed by atoms with Crippen LogP contribution in [0.1, 0.15) is 117 Å². The molecule has 2 aliphatic rings. The van der Waals surface area contributed by atoms with E-state index in [1.807, 2.05) is 49.4 Å². The van der Waals surface area contributed by atoms with Crippen LogP contribution in [0.15, 0.2) is 53.6 Å². The molecule has 6 heteroatoms. The molecule has 43 heavy (non-hydrogen) atoms. The molecule has 0 fully saturated rings. The molecule has 0 unspecified atom stereocenters. The van der Waals surface area contributed by atoms with Gasteiger partial charge < -0.3 is 8.85 Å². The van der Waals surface area contributed by atoms with Crippen LogP contribution in [0.2, 0.25) is 36.3 Å². The maximum atomic E-state index is 14.7. The van der Waals surface area contributed by atoms with E-state index in [9.17, 15) is 9.59 Å². The van der Waals surface area contributed by atoms with E-state index >= 15 is 0 Å². The van der Waals surface area contributed by atoms with E-state index in [0.717, 1.165) is 91.5 Å². The second-order valence-corrected chi connectivity index (χ2v) is 20.9.